The van der Waals surface area contributed by atoms with Crippen LogP contribution in [0.3, 0.4) is 0 Å². The number of imidazole rings is 1. The van der Waals surface area contributed by atoms with E-state index in [9.17, 15) is 0 Å². The number of benzene rings is 5. The molecule has 0 aliphatic carbocycles. The summed E-state index contributed by atoms with van der Waals surface area (Å²) in [5.74, 6) is 2.25. The molecule has 0 saturated carbocycles. The van der Waals surface area contributed by atoms with Crippen molar-refractivity contribution in [3.63, 3.8) is 0 Å². The van der Waals surface area contributed by atoms with Gasteiger partial charge in [0.05, 0.1) is 30.5 Å². The monoisotopic (exact) mass is 935 g/mol. The predicted octanol–water partition coefficient (Wildman–Crippen LogP) is 13.2. The van der Waals surface area contributed by atoms with Crippen molar-refractivity contribution in [2.45, 2.75) is 86.3 Å². The van der Waals surface area contributed by atoms with Crippen LogP contribution in [0.15, 0.2) is 114 Å². The third-order valence-corrected chi connectivity index (χ3v) is 12.3. The van der Waals surface area contributed by atoms with Gasteiger partial charge in [-0.1, -0.05) is 134 Å². The fourth-order valence-electron chi connectivity index (χ4n) is 7.51. The number of hydrogen-bond acceptors (Lipinski definition) is 3. The number of aromatic nitrogens is 3. The van der Waals surface area contributed by atoms with E-state index >= 15 is 0 Å². The Hall–Kier alpha value is -4.61. The second kappa shape index (κ2) is 16.9. The van der Waals surface area contributed by atoms with Gasteiger partial charge in [0.25, 0.3) is 0 Å². The average molecular weight is 935 g/mol. The maximum atomic E-state index is 7.46. The standard InChI is InChI=1S/C31H27N2O.C19H26NSi.Ir/c1-19(2)22-11-9-12-23(20(3)4)30(22)33-27-14-7-6-13-26(27)32-31(33)21-16-17-29-25(18-21)24-10-5-8-15-28(24)34-29;1-14(2)11-17-12-18(16-9-7-15(3)8-10-16)20-13-19(17)21(4,5)6;/h5-15,17-20H,1-4H3;7-9,12-14H,11H2,1-6H3;/q2*-1;/i;3D3;. The Bertz CT molecular complexity index is 2700. The zero-order valence-electron chi connectivity index (χ0n) is 36.9. The smallest absolute Gasteiger partial charge is 0.120 e. The molecule has 0 aliphatic heterocycles. The second-order valence-electron chi connectivity index (χ2n) is 16.6. The molecule has 0 N–H and O–H groups in total. The Balaban J connectivity index is 0.000000208. The van der Waals surface area contributed by atoms with Crippen LogP contribution in [-0.2, 0) is 26.5 Å². The first-order valence-corrected chi connectivity index (χ1v) is 23.0. The van der Waals surface area contributed by atoms with Crippen molar-refractivity contribution in [3.05, 3.63) is 144 Å². The van der Waals surface area contributed by atoms with E-state index in [0.717, 1.165) is 62.0 Å². The van der Waals surface area contributed by atoms with Gasteiger partial charge in [-0.05, 0) is 64.4 Å². The van der Waals surface area contributed by atoms with E-state index in [1.165, 1.54) is 27.6 Å². The molecule has 0 aliphatic rings. The molecular weight excluding hydrogens is 879 g/mol. The Morgan fingerprint density at radius 2 is 1.45 bits per heavy atom. The average Bonchev–Trinajstić information content (AvgIpc) is 3.75. The van der Waals surface area contributed by atoms with Crippen LogP contribution in [0.2, 0.25) is 19.6 Å². The van der Waals surface area contributed by atoms with Crippen molar-refractivity contribution < 1.29 is 28.6 Å². The zero-order chi connectivity index (χ0) is 41.5. The van der Waals surface area contributed by atoms with Gasteiger partial charge in [-0.25, -0.2) is 0 Å². The summed E-state index contributed by atoms with van der Waals surface area (Å²) in [7, 11) is -1.45. The van der Waals surface area contributed by atoms with E-state index in [1.54, 1.807) is 18.2 Å². The number of para-hydroxylation sites is 4. The van der Waals surface area contributed by atoms with Gasteiger partial charge in [0.15, 0.2) is 0 Å². The predicted molar refractivity (Wildman–Crippen MR) is 236 cm³/mol. The van der Waals surface area contributed by atoms with Crippen molar-refractivity contribution >= 4 is 46.2 Å². The Morgan fingerprint density at radius 3 is 2.11 bits per heavy atom. The van der Waals surface area contributed by atoms with Crippen LogP contribution in [0.5, 0.6) is 0 Å². The number of furan rings is 1. The minimum Gasteiger partial charge on any atom is -0.500 e. The fraction of sp³-hybridized carbons (Fsp3) is 0.280. The first-order chi connectivity index (χ1) is 27.5. The largest absolute Gasteiger partial charge is 0.500 e. The minimum atomic E-state index is -2.09. The van der Waals surface area contributed by atoms with Crippen LogP contribution in [0.4, 0.5) is 0 Å². The number of nitrogens with zero attached hydrogens (tertiary/aromatic N) is 3. The normalized spacial score (nSPS) is 12.8. The third-order valence-electron chi connectivity index (χ3n) is 10.2. The number of hydrogen-bond donors (Lipinski definition) is 0. The first-order valence-electron chi connectivity index (χ1n) is 21.0. The molecular formula is C50H53IrN3OSi-2. The van der Waals surface area contributed by atoms with Gasteiger partial charge in [-0.3, -0.25) is 4.98 Å². The van der Waals surface area contributed by atoms with Crippen LogP contribution < -0.4 is 5.19 Å². The maximum Gasteiger partial charge on any atom is 0.120 e. The van der Waals surface area contributed by atoms with Gasteiger partial charge in [-0.2, -0.15) is 0 Å². The van der Waals surface area contributed by atoms with Crippen LogP contribution in [0, 0.1) is 24.9 Å². The van der Waals surface area contributed by atoms with Crippen molar-refractivity contribution in [3.8, 4) is 28.3 Å². The molecule has 0 spiro atoms. The van der Waals surface area contributed by atoms with E-state index in [-0.39, 0.29) is 20.1 Å². The minimum absolute atomic E-state index is 0. The molecule has 4 nitrogen and oxygen atoms in total. The van der Waals surface area contributed by atoms with E-state index in [1.807, 2.05) is 24.4 Å². The zero-order valence-corrected chi connectivity index (χ0v) is 37.3. The summed E-state index contributed by atoms with van der Waals surface area (Å²) in [4.78, 5) is 9.77. The number of aryl methyl sites for hydroxylation is 1. The molecule has 0 atom stereocenters. The Kier molecular flexibility index (Phi) is 11.1. The summed E-state index contributed by atoms with van der Waals surface area (Å²) in [6.07, 6.45) is 3.05. The SMILES string of the molecule is CC(C)c1cccc(C(C)C)c1-n1c(-c2[c-]cc3oc4ccccc4c3c2)nc2ccccc21.[2H]C([2H])([2H])c1c[c-]c(-c2cc(CC(C)C)c([Si](C)(C)C)cn2)cc1.[Ir]. The van der Waals surface area contributed by atoms with Crippen LogP contribution >= 0.6 is 0 Å². The van der Waals surface area contributed by atoms with E-state index in [4.69, 9.17) is 13.5 Å². The molecule has 0 fully saturated rings. The topological polar surface area (TPSA) is 43.9 Å². The summed E-state index contributed by atoms with van der Waals surface area (Å²) < 4.78 is 30.8. The molecule has 0 saturated heterocycles. The van der Waals surface area contributed by atoms with E-state index in [0.29, 0.717) is 23.3 Å². The molecule has 6 heteroatoms. The molecule has 8 rings (SSSR count). The van der Waals surface area contributed by atoms with Crippen molar-refractivity contribution in [2.75, 3.05) is 0 Å². The molecule has 8 aromatic rings. The molecule has 0 bridgehead atoms. The first kappa shape index (κ1) is 37.0. The summed E-state index contributed by atoms with van der Waals surface area (Å²) in [6.45, 7) is 18.4. The molecule has 56 heavy (non-hydrogen) atoms. The summed E-state index contributed by atoms with van der Waals surface area (Å²) in [5.41, 5.74) is 12.1. The molecule has 0 amide bonds. The van der Waals surface area contributed by atoms with E-state index in [2.05, 4.69) is 150 Å². The number of rotatable bonds is 8. The molecule has 0 unspecified atom stereocenters. The number of fused-ring (bicyclic) bond motifs is 4. The molecule has 3 heterocycles. The molecule has 5 aromatic carbocycles. The van der Waals surface area contributed by atoms with Gasteiger partial charge < -0.3 is 14.0 Å². The molecule has 3 aromatic heterocycles. The van der Waals surface area contributed by atoms with Crippen LogP contribution in [-0.4, -0.2) is 22.6 Å². The van der Waals surface area contributed by atoms with E-state index < -0.39 is 14.9 Å². The summed E-state index contributed by atoms with van der Waals surface area (Å²) in [5, 5.41) is 3.60. The Morgan fingerprint density at radius 1 is 0.750 bits per heavy atom. The summed E-state index contributed by atoms with van der Waals surface area (Å²) in [6, 6.07) is 41.1. The van der Waals surface area contributed by atoms with Crippen molar-refractivity contribution in [1.29, 1.82) is 0 Å². The van der Waals surface area contributed by atoms with Gasteiger partial charge in [0.2, 0.25) is 0 Å². The quantitative estimate of drug-likeness (QED) is 0.113. The van der Waals surface area contributed by atoms with Crippen LogP contribution in [0.1, 0.15) is 79.7 Å². The Labute approximate surface area is 352 Å². The van der Waals surface area contributed by atoms with Crippen LogP contribution in [0.25, 0.3) is 61.3 Å². The van der Waals surface area contributed by atoms with Gasteiger partial charge in [0.1, 0.15) is 5.58 Å². The maximum absolute atomic E-state index is 7.46. The fourth-order valence-corrected chi connectivity index (χ4v) is 9.10. The third kappa shape index (κ3) is 8.39. The summed E-state index contributed by atoms with van der Waals surface area (Å²) >= 11 is 0. The van der Waals surface area contributed by atoms with Gasteiger partial charge in [0, 0.05) is 41.5 Å². The van der Waals surface area contributed by atoms with Gasteiger partial charge in [-0.15, -0.1) is 59.2 Å². The van der Waals surface area contributed by atoms with Crippen molar-refractivity contribution in [2.24, 2.45) is 5.92 Å². The van der Waals surface area contributed by atoms with Crippen molar-refractivity contribution in [1.82, 2.24) is 14.5 Å². The number of pyridine rings is 1. The van der Waals surface area contributed by atoms with Gasteiger partial charge >= 0.3 is 0 Å². The second-order valence-corrected chi connectivity index (χ2v) is 21.7. The molecule has 1 radical (unpaired) electrons. The molecule has 289 valence electrons.